The molecule has 0 bridgehead atoms. The SMILES string of the molecule is CCc1ccc(-c2csc(NS(=O)(=O)c3ccc(F)cc3)n2)cc1. The lowest BCUT2D eigenvalue weighted by molar-refractivity contribution is 0.599. The van der Waals surface area contributed by atoms with Gasteiger partial charge in [0.15, 0.2) is 5.13 Å². The maximum Gasteiger partial charge on any atom is 0.263 e. The van der Waals surface area contributed by atoms with Gasteiger partial charge in [0.2, 0.25) is 0 Å². The third-order valence-corrected chi connectivity index (χ3v) is 5.75. The molecule has 0 saturated carbocycles. The van der Waals surface area contributed by atoms with E-state index in [2.05, 4.69) is 16.6 Å². The summed E-state index contributed by atoms with van der Waals surface area (Å²) >= 11 is 1.20. The van der Waals surface area contributed by atoms with Crippen molar-refractivity contribution in [3.63, 3.8) is 0 Å². The summed E-state index contributed by atoms with van der Waals surface area (Å²) < 4.78 is 39.9. The molecule has 0 saturated heterocycles. The molecule has 2 aromatic carbocycles. The van der Waals surface area contributed by atoms with Gasteiger partial charge in [-0.15, -0.1) is 11.3 Å². The number of benzene rings is 2. The minimum absolute atomic E-state index is 0.00653. The van der Waals surface area contributed by atoms with Crippen molar-refractivity contribution >= 4 is 26.5 Å². The van der Waals surface area contributed by atoms with E-state index in [-0.39, 0.29) is 10.0 Å². The van der Waals surface area contributed by atoms with Gasteiger partial charge in [-0.25, -0.2) is 17.8 Å². The van der Waals surface area contributed by atoms with Crippen LogP contribution in [0.5, 0.6) is 0 Å². The van der Waals surface area contributed by atoms with Crippen LogP contribution in [0.25, 0.3) is 11.3 Å². The Kier molecular flexibility index (Phi) is 4.64. The molecule has 0 atom stereocenters. The van der Waals surface area contributed by atoms with Crippen LogP contribution in [0.4, 0.5) is 9.52 Å². The average molecular weight is 362 g/mol. The number of thiazole rings is 1. The largest absolute Gasteiger partial charge is 0.263 e. The normalized spacial score (nSPS) is 11.4. The summed E-state index contributed by atoms with van der Waals surface area (Å²) in [6.07, 6.45) is 0.958. The predicted molar refractivity (Wildman–Crippen MR) is 94.1 cm³/mol. The minimum Gasteiger partial charge on any atom is -0.255 e. The van der Waals surface area contributed by atoms with Crippen LogP contribution < -0.4 is 4.72 Å². The van der Waals surface area contributed by atoms with Crippen molar-refractivity contribution in [2.75, 3.05) is 4.72 Å². The van der Waals surface area contributed by atoms with Gasteiger partial charge in [0.1, 0.15) is 5.82 Å². The highest BCUT2D eigenvalue weighted by Crippen LogP contribution is 2.27. The zero-order valence-corrected chi connectivity index (χ0v) is 14.5. The lowest BCUT2D eigenvalue weighted by Gasteiger charge is -2.04. The molecule has 0 amide bonds. The Hall–Kier alpha value is -2.25. The Morgan fingerprint density at radius 3 is 2.38 bits per heavy atom. The number of sulfonamides is 1. The number of rotatable bonds is 5. The zero-order valence-electron chi connectivity index (χ0n) is 12.9. The second-order valence-electron chi connectivity index (χ2n) is 5.15. The lowest BCUT2D eigenvalue weighted by atomic mass is 10.1. The van der Waals surface area contributed by atoms with Crippen LogP contribution in [0.2, 0.25) is 0 Å². The second kappa shape index (κ2) is 6.70. The van der Waals surface area contributed by atoms with Crippen LogP contribution in [0.1, 0.15) is 12.5 Å². The second-order valence-corrected chi connectivity index (χ2v) is 7.69. The molecule has 0 fully saturated rings. The monoisotopic (exact) mass is 362 g/mol. The maximum atomic E-state index is 12.9. The number of hydrogen-bond donors (Lipinski definition) is 1. The van der Waals surface area contributed by atoms with Crippen molar-refractivity contribution in [3.05, 3.63) is 65.3 Å². The van der Waals surface area contributed by atoms with E-state index in [0.717, 1.165) is 24.1 Å². The summed E-state index contributed by atoms with van der Waals surface area (Å²) in [5.41, 5.74) is 2.86. The summed E-state index contributed by atoms with van der Waals surface area (Å²) in [6, 6.07) is 12.6. The highest BCUT2D eigenvalue weighted by Gasteiger charge is 2.16. The molecule has 3 rings (SSSR count). The van der Waals surface area contributed by atoms with E-state index in [0.29, 0.717) is 5.69 Å². The third kappa shape index (κ3) is 3.63. The van der Waals surface area contributed by atoms with E-state index in [9.17, 15) is 12.8 Å². The van der Waals surface area contributed by atoms with E-state index < -0.39 is 15.8 Å². The molecular formula is C17H15FN2O2S2. The van der Waals surface area contributed by atoms with E-state index in [1.54, 1.807) is 5.38 Å². The van der Waals surface area contributed by atoms with E-state index in [4.69, 9.17) is 0 Å². The van der Waals surface area contributed by atoms with Gasteiger partial charge >= 0.3 is 0 Å². The summed E-state index contributed by atoms with van der Waals surface area (Å²) in [4.78, 5) is 4.31. The molecule has 0 unspecified atom stereocenters. The smallest absolute Gasteiger partial charge is 0.255 e. The summed E-state index contributed by atoms with van der Waals surface area (Å²) in [5, 5.41) is 2.07. The first kappa shape index (κ1) is 16.6. The van der Waals surface area contributed by atoms with Crippen LogP contribution in [0.15, 0.2) is 58.8 Å². The standard InChI is InChI=1S/C17H15FN2O2S2/c1-2-12-3-5-13(6-4-12)16-11-23-17(19-16)20-24(21,22)15-9-7-14(18)8-10-15/h3-11H,2H2,1H3,(H,19,20). The van der Waals surface area contributed by atoms with Crippen LogP contribution in [0.3, 0.4) is 0 Å². The first-order valence-corrected chi connectivity index (χ1v) is 9.67. The molecular weight excluding hydrogens is 347 g/mol. The Balaban J connectivity index is 1.81. The molecule has 0 aliphatic carbocycles. The molecule has 3 aromatic rings. The van der Waals surface area contributed by atoms with Crippen molar-refractivity contribution in [3.8, 4) is 11.3 Å². The zero-order chi connectivity index (χ0) is 17.2. The molecule has 7 heteroatoms. The van der Waals surface area contributed by atoms with Gasteiger partial charge in [-0.05, 0) is 36.2 Å². The van der Waals surface area contributed by atoms with Gasteiger partial charge < -0.3 is 0 Å². The number of nitrogens with zero attached hydrogens (tertiary/aromatic N) is 1. The highest BCUT2D eigenvalue weighted by atomic mass is 32.2. The third-order valence-electron chi connectivity index (χ3n) is 3.51. The van der Waals surface area contributed by atoms with Gasteiger partial charge in [0.05, 0.1) is 10.6 Å². The Bertz CT molecular complexity index is 933. The average Bonchev–Trinajstić information content (AvgIpc) is 3.03. The summed E-state index contributed by atoms with van der Waals surface area (Å²) in [5.74, 6) is -0.485. The Labute approximate surface area is 144 Å². The molecule has 24 heavy (non-hydrogen) atoms. The van der Waals surface area contributed by atoms with Crippen molar-refractivity contribution in [2.45, 2.75) is 18.2 Å². The molecule has 0 aliphatic heterocycles. The van der Waals surface area contributed by atoms with Crippen LogP contribution in [0, 0.1) is 5.82 Å². The quantitative estimate of drug-likeness (QED) is 0.736. The Morgan fingerprint density at radius 2 is 1.75 bits per heavy atom. The van der Waals surface area contributed by atoms with Gasteiger partial charge in [-0.1, -0.05) is 31.2 Å². The fourth-order valence-corrected chi connectivity index (χ4v) is 4.12. The van der Waals surface area contributed by atoms with Crippen LogP contribution in [-0.2, 0) is 16.4 Å². The number of aryl methyl sites for hydroxylation is 1. The molecule has 1 heterocycles. The van der Waals surface area contributed by atoms with Crippen LogP contribution in [-0.4, -0.2) is 13.4 Å². The van der Waals surface area contributed by atoms with Gasteiger partial charge in [0.25, 0.3) is 10.0 Å². The fourth-order valence-electron chi connectivity index (χ4n) is 2.15. The van der Waals surface area contributed by atoms with Gasteiger partial charge in [0, 0.05) is 10.9 Å². The van der Waals surface area contributed by atoms with Crippen molar-refractivity contribution in [1.82, 2.24) is 4.98 Å². The van der Waals surface area contributed by atoms with Crippen molar-refractivity contribution in [1.29, 1.82) is 0 Å². The van der Waals surface area contributed by atoms with E-state index >= 15 is 0 Å². The first-order valence-electron chi connectivity index (χ1n) is 7.31. The molecule has 1 N–H and O–H groups in total. The van der Waals surface area contributed by atoms with Crippen molar-refractivity contribution in [2.24, 2.45) is 0 Å². The Morgan fingerprint density at radius 1 is 1.08 bits per heavy atom. The van der Waals surface area contributed by atoms with Gasteiger partial charge in [-0.3, -0.25) is 4.72 Å². The fraction of sp³-hybridized carbons (Fsp3) is 0.118. The molecule has 1 aromatic heterocycles. The lowest BCUT2D eigenvalue weighted by Crippen LogP contribution is -2.12. The number of anilines is 1. The van der Waals surface area contributed by atoms with Gasteiger partial charge in [-0.2, -0.15) is 0 Å². The molecule has 0 radical (unpaired) electrons. The van der Waals surface area contributed by atoms with E-state index in [1.165, 1.54) is 29.0 Å². The van der Waals surface area contributed by atoms with Crippen molar-refractivity contribution < 1.29 is 12.8 Å². The minimum atomic E-state index is -3.78. The highest BCUT2D eigenvalue weighted by molar-refractivity contribution is 7.93. The predicted octanol–water partition coefficient (Wildman–Crippen LogP) is 4.31. The molecule has 4 nitrogen and oxygen atoms in total. The number of aromatic nitrogens is 1. The van der Waals surface area contributed by atoms with Crippen LogP contribution >= 0.6 is 11.3 Å². The summed E-state index contributed by atoms with van der Waals surface area (Å²) in [7, 11) is -3.78. The number of halogens is 1. The number of nitrogens with one attached hydrogen (secondary N) is 1. The summed E-state index contributed by atoms with van der Waals surface area (Å²) in [6.45, 7) is 2.08. The maximum absolute atomic E-state index is 12.9. The van der Waals surface area contributed by atoms with E-state index in [1.807, 2.05) is 24.3 Å². The topological polar surface area (TPSA) is 59.1 Å². The first-order chi connectivity index (χ1) is 11.5. The molecule has 0 spiro atoms. The number of hydrogen-bond acceptors (Lipinski definition) is 4. The molecule has 124 valence electrons. The molecule has 0 aliphatic rings.